The fourth-order valence-electron chi connectivity index (χ4n) is 1.88. The van der Waals surface area contributed by atoms with Crippen LogP contribution in [0.2, 0.25) is 0 Å². The Morgan fingerprint density at radius 2 is 2.27 bits per heavy atom. The first-order chi connectivity index (χ1) is 7.29. The van der Waals surface area contributed by atoms with Gasteiger partial charge >= 0.3 is 0 Å². The van der Waals surface area contributed by atoms with Gasteiger partial charge < -0.3 is 10.6 Å². The molecule has 84 valence electrons. The summed E-state index contributed by atoms with van der Waals surface area (Å²) in [6, 6.07) is 0. The van der Waals surface area contributed by atoms with Crippen LogP contribution in [0.3, 0.4) is 0 Å². The van der Waals surface area contributed by atoms with Gasteiger partial charge in [0.05, 0.1) is 5.69 Å². The zero-order valence-electron chi connectivity index (χ0n) is 9.28. The zero-order chi connectivity index (χ0) is 10.7. The lowest BCUT2D eigenvalue weighted by Crippen LogP contribution is -2.17. The van der Waals surface area contributed by atoms with E-state index in [9.17, 15) is 0 Å². The van der Waals surface area contributed by atoms with Crippen molar-refractivity contribution in [2.75, 3.05) is 24.5 Å². The maximum atomic E-state index is 5.61. The van der Waals surface area contributed by atoms with Crippen LogP contribution in [0.25, 0.3) is 0 Å². The number of nitrogens with two attached hydrogens (primary N) is 1. The van der Waals surface area contributed by atoms with E-state index in [0.717, 1.165) is 13.0 Å². The normalized spacial score (nSPS) is 18.4. The standard InChI is InChI=1S/C11H19N3S/c1-9(7-12)6-10-8-15-11(13-10)14-4-2-3-5-14/h8-9H,2-7,12H2,1H3. The number of rotatable bonds is 4. The second kappa shape index (κ2) is 4.94. The van der Waals surface area contributed by atoms with Gasteiger partial charge in [-0.25, -0.2) is 4.98 Å². The summed E-state index contributed by atoms with van der Waals surface area (Å²) in [7, 11) is 0. The van der Waals surface area contributed by atoms with Crippen LogP contribution in [0, 0.1) is 5.92 Å². The number of nitrogens with zero attached hydrogens (tertiary/aromatic N) is 2. The van der Waals surface area contributed by atoms with Crippen molar-refractivity contribution in [3.8, 4) is 0 Å². The average molecular weight is 225 g/mol. The predicted molar refractivity (Wildman–Crippen MR) is 65.5 cm³/mol. The predicted octanol–water partition coefficient (Wildman–Crippen LogP) is 1.88. The smallest absolute Gasteiger partial charge is 0.185 e. The monoisotopic (exact) mass is 225 g/mol. The SMILES string of the molecule is CC(CN)Cc1csc(N2CCCC2)n1. The first-order valence-corrected chi connectivity index (χ1v) is 6.57. The van der Waals surface area contributed by atoms with Crippen molar-refractivity contribution >= 4 is 16.5 Å². The third kappa shape index (κ3) is 2.69. The van der Waals surface area contributed by atoms with Crippen LogP contribution >= 0.6 is 11.3 Å². The Hall–Kier alpha value is -0.610. The molecule has 4 heteroatoms. The van der Waals surface area contributed by atoms with Crippen molar-refractivity contribution in [2.45, 2.75) is 26.2 Å². The van der Waals surface area contributed by atoms with E-state index in [4.69, 9.17) is 5.73 Å². The summed E-state index contributed by atoms with van der Waals surface area (Å²) in [4.78, 5) is 7.06. The number of hydrogen-bond donors (Lipinski definition) is 1. The van der Waals surface area contributed by atoms with Gasteiger partial charge in [-0.3, -0.25) is 0 Å². The maximum Gasteiger partial charge on any atom is 0.185 e. The van der Waals surface area contributed by atoms with Crippen molar-refractivity contribution in [1.29, 1.82) is 0 Å². The van der Waals surface area contributed by atoms with Gasteiger partial charge in [0.25, 0.3) is 0 Å². The Bertz CT molecular complexity index is 305. The highest BCUT2D eigenvalue weighted by Crippen LogP contribution is 2.25. The third-order valence-electron chi connectivity index (χ3n) is 2.88. The molecule has 2 N–H and O–H groups in total. The Balaban J connectivity index is 1.97. The van der Waals surface area contributed by atoms with Crippen LogP contribution in [0.15, 0.2) is 5.38 Å². The molecule has 0 bridgehead atoms. The molecule has 3 nitrogen and oxygen atoms in total. The van der Waals surface area contributed by atoms with Gasteiger partial charge in [0.15, 0.2) is 5.13 Å². The van der Waals surface area contributed by atoms with Gasteiger partial charge in [0, 0.05) is 18.5 Å². The molecule has 1 fully saturated rings. The third-order valence-corrected chi connectivity index (χ3v) is 3.83. The topological polar surface area (TPSA) is 42.1 Å². The molecule has 1 aromatic rings. The molecule has 2 heterocycles. The molecule has 1 aliphatic heterocycles. The summed E-state index contributed by atoms with van der Waals surface area (Å²) >= 11 is 1.77. The molecule has 0 aliphatic carbocycles. The Labute approximate surface area is 95.3 Å². The van der Waals surface area contributed by atoms with Gasteiger partial charge in [0.1, 0.15) is 0 Å². The summed E-state index contributed by atoms with van der Waals surface area (Å²) < 4.78 is 0. The van der Waals surface area contributed by atoms with E-state index in [-0.39, 0.29) is 0 Å². The molecule has 0 radical (unpaired) electrons. The van der Waals surface area contributed by atoms with E-state index in [0.29, 0.717) is 5.92 Å². The van der Waals surface area contributed by atoms with Crippen LogP contribution < -0.4 is 10.6 Å². The first-order valence-electron chi connectivity index (χ1n) is 5.69. The lowest BCUT2D eigenvalue weighted by atomic mass is 10.1. The van der Waals surface area contributed by atoms with Gasteiger partial charge in [-0.15, -0.1) is 11.3 Å². The molecule has 0 amide bonds. The van der Waals surface area contributed by atoms with Gasteiger partial charge in [-0.2, -0.15) is 0 Å². The van der Waals surface area contributed by atoms with Crippen LogP contribution in [0.1, 0.15) is 25.5 Å². The molecule has 1 saturated heterocycles. The summed E-state index contributed by atoms with van der Waals surface area (Å²) in [6.07, 6.45) is 3.64. The van der Waals surface area contributed by atoms with E-state index in [1.165, 1.54) is 36.8 Å². The van der Waals surface area contributed by atoms with Gasteiger partial charge in [-0.1, -0.05) is 6.92 Å². The second-order valence-corrected chi connectivity index (χ2v) is 5.20. The van der Waals surface area contributed by atoms with Crippen LogP contribution in [-0.2, 0) is 6.42 Å². The molecule has 0 saturated carbocycles. The van der Waals surface area contributed by atoms with E-state index in [1.807, 2.05) is 0 Å². The lowest BCUT2D eigenvalue weighted by Gasteiger charge is -2.12. The minimum absolute atomic E-state index is 0.540. The van der Waals surface area contributed by atoms with Crippen molar-refractivity contribution in [3.05, 3.63) is 11.1 Å². The van der Waals surface area contributed by atoms with Crippen molar-refractivity contribution < 1.29 is 0 Å². The minimum Gasteiger partial charge on any atom is -0.348 e. The minimum atomic E-state index is 0.540. The van der Waals surface area contributed by atoms with E-state index in [1.54, 1.807) is 11.3 Å². The lowest BCUT2D eigenvalue weighted by molar-refractivity contribution is 0.586. The number of thiazole rings is 1. The Morgan fingerprint density at radius 3 is 2.93 bits per heavy atom. The van der Waals surface area contributed by atoms with Crippen molar-refractivity contribution in [3.63, 3.8) is 0 Å². The summed E-state index contributed by atoms with van der Waals surface area (Å²) in [5.41, 5.74) is 6.82. The van der Waals surface area contributed by atoms with Gasteiger partial charge in [0.2, 0.25) is 0 Å². The number of hydrogen-bond acceptors (Lipinski definition) is 4. The average Bonchev–Trinajstić information content (AvgIpc) is 2.85. The number of aromatic nitrogens is 1. The Kier molecular flexibility index (Phi) is 3.59. The quantitative estimate of drug-likeness (QED) is 0.850. The molecular formula is C11H19N3S. The molecular weight excluding hydrogens is 206 g/mol. The summed E-state index contributed by atoms with van der Waals surface area (Å²) in [5, 5.41) is 3.38. The zero-order valence-corrected chi connectivity index (χ0v) is 10.1. The maximum absolute atomic E-state index is 5.61. The van der Waals surface area contributed by atoms with E-state index >= 15 is 0 Å². The molecule has 15 heavy (non-hydrogen) atoms. The van der Waals surface area contributed by atoms with Crippen LogP contribution in [0.5, 0.6) is 0 Å². The Morgan fingerprint density at radius 1 is 1.53 bits per heavy atom. The van der Waals surface area contributed by atoms with Crippen LogP contribution in [0.4, 0.5) is 5.13 Å². The van der Waals surface area contributed by atoms with Crippen molar-refractivity contribution in [1.82, 2.24) is 4.98 Å². The fourth-order valence-corrected chi connectivity index (χ4v) is 2.78. The summed E-state index contributed by atoms with van der Waals surface area (Å²) in [5.74, 6) is 0.540. The molecule has 2 rings (SSSR count). The largest absolute Gasteiger partial charge is 0.348 e. The fraction of sp³-hybridized carbons (Fsp3) is 0.727. The molecule has 0 spiro atoms. The molecule has 1 aromatic heterocycles. The highest BCUT2D eigenvalue weighted by atomic mass is 32.1. The second-order valence-electron chi connectivity index (χ2n) is 4.36. The van der Waals surface area contributed by atoms with E-state index < -0.39 is 0 Å². The molecule has 1 unspecified atom stereocenters. The molecule has 1 aliphatic rings. The summed E-state index contributed by atoms with van der Waals surface area (Å²) in [6.45, 7) is 5.28. The first kappa shape index (κ1) is 10.9. The highest BCUT2D eigenvalue weighted by molar-refractivity contribution is 7.13. The van der Waals surface area contributed by atoms with Gasteiger partial charge in [-0.05, 0) is 31.7 Å². The van der Waals surface area contributed by atoms with Crippen molar-refractivity contribution in [2.24, 2.45) is 11.7 Å². The number of anilines is 1. The highest BCUT2D eigenvalue weighted by Gasteiger charge is 2.15. The molecule has 1 atom stereocenters. The van der Waals surface area contributed by atoms with E-state index in [2.05, 4.69) is 22.2 Å². The van der Waals surface area contributed by atoms with Crippen LogP contribution in [-0.4, -0.2) is 24.6 Å². The molecule has 0 aromatic carbocycles.